The van der Waals surface area contributed by atoms with Gasteiger partial charge in [-0.15, -0.1) is 11.3 Å². The fraction of sp³-hybridized carbons (Fsp3) is 0.267. The normalized spacial score (nSPS) is 11.1. The summed E-state index contributed by atoms with van der Waals surface area (Å²) in [6, 6.07) is 7.98. The second-order valence-electron chi connectivity index (χ2n) is 4.84. The summed E-state index contributed by atoms with van der Waals surface area (Å²) in [5.41, 5.74) is 2.76. The van der Waals surface area contributed by atoms with Crippen LogP contribution in [0.3, 0.4) is 0 Å². The van der Waals surface area contributed by atoms with Crippen LogP contribution in [-0.4, -0.2) is 20.5 Å². The second-order valence-corrected chi connectivity index (χ2v) is 5.90. The highest BCUT2D eigenvalue weighted by atomic mass is 32.1. The number of thiazole rings is 1. The molecule has 0 radical (unpaired) electrons. The zero-order valence-corrected chi connectivity index (χ0v) is 12.3. The van der Waals surface area contributed by atoms with E-state index < -0.39 is 0 Å². The molecule has 2 aromatic heterocycles. The van der Waals surface area contributed by atoms with Gasteiger partial charge in [0, 0.05) is 24.2 Å². The van der Waals surface area contributed by atoms with E-state index in [1.807, 2.05) is 48.3 Å². The summed E-state index contributed by atoms with van der Waals surface area (Å²) in [7, 11) is 1.90. The van der Waals surface area contributed by atoms with E-state index in [0.717, 1.165) is 27.3 Å². The van der Waals surface area contributed by atoms with Crippen molar-refractivity contribution >= 4 is 28.0 Å². The van der Waals surface area contributed by atoms with E-state index in [4.69, 9.17) is 0 Å². The summed E-state index contributed by atoms with van der Waals surface area (Å²) < 4.78 is 1.82. The maximum absolute atomic E-state index is 12.2. The number of rotatable bonds is 4. The predicted molar refractivity (Wildman–Crippen MR) is 80.0 cm³/mol. The number of hydrogen-bond donors (Lipinski definition) is 0. The number of carbonyl (C=O) groups excluding carboxylic acids is 1. The Morgan fingerprint density at radius 3 is 2.85 bits per heavy atom. The monoisotopic (exact) mass is 285 g/mol. The van der Waals surface area contributed by atoms with E-state index in [0.29, 0.717) is 12.8 Å². The molecule has 0 amide bonds. The van der Waals surface area contributed by atoms with Crippen molar-refractivity contribution in [1.29, 1.82) is 0 Å². The standard InChI is InChI=1S/C15H15N3OS/c1-10-16-11(9-20-10)7-12(19)8-14-13-5-3-4-6-15(13)18(2)17-14/h3-6,9H,7-8H2,1-2H3. The Balaban J connectivity index is 1.81. The largest absolute Gasteiger partial charge is 0.299 e. The lowest BCUT2D eigenvalue weighted by molar-refractivity contribution is -0.117. The van der Waals surface area contributed by atoms with Gasteiger partial charge < -0.3 is 0 Å². The molecule has 0 saturated heterocycles. The minimum atomic E-state index is 0.152. The highest BCUT2D eigenvalue weighted by Crippen LogP contribution is 2.18. The highest BCUT2D eigenvalue weighted by Gasteiger charge is 2.13. The van der Waals surface area contributed by atoms with Gasteiger partial charge in [-0.25, -0.2) is 4.98 Å². The molecule has 0 spiro atoms. The number of benzene rings is 1. The van der Waals surface area contributed by atoms with Crippen molar-refractivity contribution in [2.24, 2.45) is 7.05 Å². The number of hydrogen-bond acceptors (Lipinski definition) is 4. The van der Waals surface area contributed by atoms with Crippen LogP contribution in [-0.2, 0) is 24.7 Å². The molecule has 0 N–H and O–H groups in total. The molecule has 0 bridgehead atoms. The average Bonchev–Trinajstić information content (AvgIpc) is 2.95. The van der Waals surface area contributed by atoms with Crippen LogP contribution in [0, 0.1) is 6.92 Å². The van der Waals surface area contributed by atoms with Gasteiger partial charge >= 0.3 is 0 Å². The van der Waals surface area contributed by atoms with Gasteiger partial charge in [-0.1, -0.05) is 18.2 Å². The van der Waals surface area contributed by atoms with Crippen molar-refractivity contribution in [2.75, 3.05) is 0 Å². The first-order valence-corrected chi connectivity index (χ1v) is 7.35. The molecular weight excluding hydrogens is 270 g/mol. The smallest absolute Gasteiger partial charge is 0.144 e. The molecule has 1 aromatic carbocycles. The van der Waals surface area contributed by atoms with Crippen molar-refractivity contribution in [2.45, 2.75) is 19.8 Å². The number of carbonyl (C=O) groups is 1. The molecule has 102 valence electrons. The third-order valence-corrected chi connectivity index (χ3v) is 4.07. The Bertz CT molecular complexity index is 772. The SMILES string of the molecule is Cc1nc(CC(=O)Cc2nn(C)c3ccccc23)cs1. The Labute approximate surface area is 121 Å². The van der Waals surface area contributed by atoms with Crippen molar-refractivity contribution in [3.8, 4) is 0 Å². The van der Waals surface area contributed by atoms with Crippen molar-refractivity contribution < 1.29 is 4.79 Å². The van der Waals surface area contributed by atoms with Gasteiger partial charge in [-0.05, 0) is 13.0 Å². The molecule has 0 fully saturated rings. The first kappa shape index (κ1) is 13.0. The molecule has 0 unspecified atom stereocenters. The molecule has 5 heteroatoms. The van der Waals surface area contributed by atoms with Gasteiger partial charge in [0.2, 0.25) is 0 Å². The molecule has 3 rings (SSSR count). The van der Waals surface area contributed by atoms with E-state index in [9.17, 15) is 4.79 Å². The summed E-state index contributed by atoms with van der Waals surface area (Å²) >= 11 is 1.58. The molecule has 0 saturated carbocycles. The molecule has 0 atom stereocenters. The zero-order valence-electron chi connectivity index (χ0n) is 11.5. The maximum Gasteiger partial charge on any atom is 0.144 e. The van der Waals surface area contributed by atoms with Crippen molar-refractivity contribution in [1.82, 2.24) is 14.8 Å². The van der Waals surface area contributed by atoms with Crippen LogP contribution in [0.4, 0.5) is 0 Å². The lowest BCUT2D eigenvalue weighted by atomic mass is 10.1. The van der Waals surface area contributed by atoms with Crippen LogP contribution in [0.15, 0.2) is 29.6 Å². The summed E-state index contributed by atoms with van der Waals surface area (Å²) in [6.07, 6.45) is 0.743. The molecular formula is C15H15N3OS. The van der Waals surface area contributed by atoms with E-state index in [1.165, 1.54) is 0 Å². The molecule has 0 aliphatic rings. The minimum Gasteiger partial charge on any atom is -0.299 e. The van der Waals surface area contributed by atoms with Crippen LogP contribution in [0.5, 0.6) is 0 Å². The quantitative estimate of drug-likeness (QED) is 0.740. The number of para-hydroxylation sites is 1. The third kappa shape index (κ3) is 2.49. The number of aryl methyl sites for hydroxylation is 2. The summed E-state index contributed by atoms with van der Waals surface area (Å²) in [6.45, 7) is 1.95. The van der Waals surface area contributed by atoms with Gasteiger partial charge in [0.25, 0.3) is 0 Å². The highest BCUT2D eigenvalue weighted by molar-refractivity contribution is 7.09. The van der Waals surface area contributed by atoms with Crippen LogP contribution in [0.2, 0.25) is 0 Å². The first-order chi connectivity index (χ1) is 9.63. The van der Waals surface area contributed by atoms with Crippen molar-refractivity contribution in [3.63, 3.8) is 0 Å². The number of ketones is 1. The Morgan fingerprint density at radius 2 is 2.10 bits per heavy atom. The van der Waals surface area contributed by atoms with E-state index in [2.05, 4.69) is 10.1 Å². The second kappa shape index (κ2) is 5.17. The van der Waals surface area contributed by atoms with Gasteiger partial charge in [-0.3, -0.25) is 9.48 Å². The van der Waals surface area contributed by atoms with Crippen molar-refractivity contribution in [3.05, 3.63) is 46.0 Å². The molecule has 0 aliphatic heterocycles. The molecule has 3 aromatic rings. The summed E-state index contributed by atoms with van der Waals surface area (Å²) in [4.78, 5) is 16.5. The number of fused-ring (bicyclic) bond motifs is 1. The topological polar surface area (TPSA) is 47.8 Å². The number of aromatic nitrogens is 3. The van der Waals surface area contributed by atoms with Crippen LogP contribution in [0.25, 0.3) is 10.9 Å². The maximum atomic E-state index is 12.2. The van der Waals surface area contributed by atoms with E-state index >= 15 is 0 Å². The van der Waals surface area contributed by atoms with Crippen LogP contribution in [0.1, 0.15) is 16.4 Å². The summed E-state index contributed by atoms with van der Waals surface area (Å²) in [5, 5.41) is 8.45. The fourth-order valence-electron chi connectivity index (χ4n) is 2.36. The molecule has 20 heavy (non-hydrogen) atoms. The Kier molecular flexibility index (Phi) is 3.36. The Morgan fingerprint density at radius 1 is 1.30 bits per heavy atom. The lowest BCUT2D eigenvalue weighted by Gasteiger charge is -1.97. The molecule has 0 aliphatic carbocycles. The van der Waals surface area contributed by atoms with E-state index in [1.54, 1.807) is 11.3 Å². The van der Waals surface area contributed by atoms with Crippen LogP contribution < -0.4 is 0 Å². The third-order valence-electron chi connectivity index (χ3n) is 3.24. The van der Waals surface area contributed by atoms with Gasteiger partial charge in [-0.2, -0.15) is 5.10 Å². The number of Topliss-reactive ketones (excluding diaryl/α,β-unsaturated/α-hetero) is 1. The van der Waals surface area contributed by atoms with Gasteiger partial charge in [0.05, 0.1) is 28.3 Å². The van der Waals surface area contributed by atoms with Gasteiger partial charge in [0.1, 0.15) is 5.78 Å². The first-order valence-electron chi connectivity index (χ1n) is 6.47. The zero-order chi connectivity index (χ0) is 14.1. The number of nitrogens with zero attached hydrogens (tertiary/aromatic N) is 3. The fourth-order valence-corrected chi connectivity index (χ4v) is 2.97. The summed E-state index contributed by atoms with van der Waals surface area (Å²) in [5.74, 6) is 0.152. The predicted octanol–water partition coefficient (Wildman–Crippen LogP) is 2.69. The minimum absolute atomic E-state index is 0.152. The Hall–Kier alpha value is -2.01. The lowest BCUT2D eigenvalue weighted by Crippen LogP contribution is -2.08. The average molecular weight is 285 g/mol. The molecule has 2 heterocycles. The van der Waals surface area contributed by atoms with E-state index in [-0.39, 0.29) is 5.78 Å². The molecule has 4 nitrogen and oxygen atoms in total. The van der Waals surface area contributed by atoms with Crippen LogP contribution >= 0.6 is 11.3 Å². The van der Waals surface area contributed by atoms with Gasteiger partial charge in [0.15, 0.2) is 0 Å².